The van der Waals surface area contributed by atoms with E-state index in [2.05, 4.69) is 50.8 Å². The Morgan fingerprint density at radius 2 is 1.69 bits per heavy atom. The predicted octanol–water partition coefficient (Wildman–Crippen LogP) is 3.51. The van der Waals surface area contributed by atoms with E-state index in [-0.39, 0.29) is 36.6 Å². The molecule has 0 spiro atoms. The molecule has 3 heterocycles. The van der Waals surface area contributed by atoms with E-state index in [0.717, 1.165) is 45.1 Å². The molecule has 5 nitrogen and oxygen atoms in total. The molecule has 4 rings (SSSR count). The molecule has 3 saturated heterocycles. The number of amides is 1. The number of likely N-dealkylation sites (tertiary alicyclic amines) is 2. The molecule has 1 amide bonds. The lowest BCUT2D eigenvalue weighted by atomic mass is 9.92. The Kier molecular flexibility index (Phi) is 12.3. The number of halogens is 2. The first-order valence-corrected chi connectivity index (χ1v) is 12.3. The van der Waals surface area contributed by atoms with Crippen LogP contribution >= 0.6 is 24.8 Å². The van der Waals surface area contributed by atoms with Gasteiger partial charge in [0.25, 0.3) is 0 Å². The van der Waals surface area contributed by atoms with Gasteiger partial charge in [-0.05, 0) is 96.2 Å². The number of aryl methyl sites for hydroxylation is 1. The van der Waals surface area contributed by atoms with Crippen LogP contribution in [-0.4, -0.2) is 73.6 Å². The summed E-state index contributed by atoms with van der Waals surface area (Å²) in [5, 5.41) is 6.66. The van der Waals surface area contributed by atoms with Crippen LogP contribution in [0.2, 0.25) is 0 Å². The van der Waals surface area contributed by atoms with Crippen molar-refractivity contribution in [3.63, 3.8) is 0 Å². The molecule has 0 aromatic heterocycles. The lowest BCUT2D eigenvalue weighted by Gasteiger charge is -2.41. The topological polar surface area (TPSA) is 47.6 Å². The smallest absolute Gasteiger partial charge is 0.223 e. The van der Waals surface area contributed by atoms with E-state index in [4.69, 9.17) is 0 Å². The van der Waals surface area contributed by atoms with Crippen LogP contribution in [0.4, 0.5) is 0 Å². The fraction of sp³-hybridized carbons (Fsp3) is 0.720. The molecule has 2 N–H and O–H groups in total. The number of hydrogen-bond donors (Lipinski definition) is 2. The standard InChI is InChI=1S/C25H40N4O.2ClH/c30-25(27-20-23-9-4-14-26-23)22-10-18-29(19-11-22)24-12-16-28(17-13-24)15-5-8-21-6-2-1-3-7-21;;/h1-3,6-7,22-24,26H,4-5,8-20H2,(H,27,30);2*1H/t23-;;/m0../s1. The van der Waals surface area contributed by atoms with Crippen LogP contribution in [0.1, 0.15) is 50.5 Å². The monoisotopic (exact) mass is 484 g/mol. The van der Waals surface area contributed by atoms with E-state index >= 15 is 0 Å². The summed E-state index contributed by atoms with van der Waals surface area (Å²) in [5.41, 5.74) is 1.46. The average Bonchev–Trinajstić information content (AvgIpc) is 3.33. The summed E-state index contributed by atoms with van der Waals surface area (Å²) < 4.78 is 0. The number of carbonyl (C=O) groups is 1. The number of piperidine rings is 2. The van der Waals surface area contributed by atoms with E-state index in [9.17, 15) is 4.79 Å². The fourth-order valence-electron chi connectivity index (χ4n) is 5.49. The quantitative estimate of drug-likeness (QED) is 0.592. The molecule has 182 valence electrons. The molecular weight excluding hydrogens is 443 g/mol. The van der Waals surface area contributed by atoms with E-state index in [1.165, 1.54) is 63.7 Å². The van der Waals surface area contributed by atoms with E-state index in [1.54, 1.807) is 0 Å². The Balaban J connectivity index is 0.00000181. The van der Waals surface area contributed by atoms with Crippen LogP contribution in [0.25, 0.3) is 0 Å². The maximum atomic E-state index is 12.5. The van der Waals surface area contributed by atoms with Crippen LogP contribution in [-0.2, 0) is 11.2 Å². The van der Waals surface area contributed by atoms with Gasteiger partial charge in [-0.15, -0.1) is 24.8 Å². The molecule has 3 aliphatic heterocycles. The molecule has 0 aliphatic carbocycles. The highest BCUT2D eigenvalue weighted by Gasteiger charge is 2.30. The van der Waals surface area contributed by atoms with Crippen molar-refractivity contribution in [1.29, 1.82) is 0 Å². The summed E-state index contributed by atoms with van der Waals surface area (Å²) in [6.07, 6.45) is 9.51. The van der Waals surface area contributed by atoms with Gasteiger partial charge in [0, 0.05) is 24.5 Å². The van der Waals surface area contributed by atoms with Crippen molar-refractivity contribution in [2.75, 3.05) is 45.8 Å². The second-order valence-electron chi connectivity index (χ2n) is 9.51. The molecule has 7 heteroatoms. The molecule has 3 aliphatic rings. The summed E-state index contributed by atoms with van der Waals surface area (Å²) in [6.45, 7) is 7.78. The summed E-state index contributed by atoms with van der Waals surface area (Å²) in [6, 6.07) is 12.1. The number of benzene rings is 1. The molecular formula is C25H42Cl2N4O. The molecule has 3 fully saturated rings. The van der Waals surface area contributed by atoms with Crippen molar-refractivity contribution in [1.82, 2.24) is 20.4 Å². The number of nitrogens with zero attached hydrogens (tertiary/aromatic N) is 2. The molecule has 0 bridgehead atoms. The largest absolute Gasteiger partial charge is 0.354 e. The van der Waals surface area contributed by atoms with Crippen LogP contribution in [0.15, 0.2) is 30.3 Å². The zero-order chi connectivity index (χ0) is 20.6. The second-order valence-corrected chi connectivity index (χ2v) is 9.51. The van der Waals surface area contributed by atoms with Crippen LogP contribution in [0, 0.1) is 5.92 Å². The summed E-state index contributed by atoms with van der Waals surface area (Å²) in [7, 11) is 0. The van der Waals surface area contributed by atoms with Crippen molar-refractivity contribution in [2.24, 2.45) is 5.92 Å². The van der Waals surface area contributed by atoms with Gasteiger partial charge in [0.05, 0.1) is 0 Å². The van der Waals surface area contributed by atoms with Gasteiger partial charge in [-0.1, -0.05) is 30.3 Å². The van der Waals surface area contributed by atoms with Crippen LogP contribution < -0.4 is 10.6 Å². The van der Waals surface area contributed by atoms with Crippen molar-refractivity contribution in [2.45, 2.75) is 63.5 Å². The molecule has 0 radical (unpaired) electrons. The summed E-state index contributed by atoms with van der Waals surface area (Å²) in [4.78, 5) is 17.8. The third-order valence-corrected chi connectivity index (χ3v) is 7.44. The Morgan fingerprint density at radius 3 is 2.34 bits per heavy atom. The minimum absolute atomic E-state index is 0. The SMILES string of the molecule is Cl.Cl.O=C(NC[C@@H]1CCCN1)C1CCN(C2CCN(CCCc3ccccc3)CC2)CC1. The Labute approximate surface area is 206 Å². The minimum atomic E-state index is 0. The Bertz CT molecular complexity index is 641. The van der Waals surface area contributed by atoms with E-state index in [1.807, 2.05) is 0 Å². The van der Waals surface area contributed by atoms with Crippen LogP contribution in [0.5, 0.6) is 0 Å². The molecule has 1 aromatic rings. The number of rotatable bonds is 8. The van der Waals surface area contributed by atoms with Crippen molar-refractivity contribution in [3.8, 4) is 0 Å². The Morgan fingerprint density at radius 1 is 0.969 bits per heavy atom. The molecule has 32 heavy (non-hydrogen) atoms. The highest BCUT2D eigenvalue weighted by Crippen LogP contribution is 2.24. The fourth-order valence-corrected chi connectivity index (χ4v) is 5.49. The van der Waals surface area contributed by atoms with E-state index < -0.39 is 0 Å². The first-order valence-electron chi connectivity index (χ1n) is 12.3. The summed E-state index contributed by atoms with van der Waals surface area (Å²) in [5.74, 6) is 0.511. The lowest BCUT2D eigenvalue weighted by molar-refractivity contribution is -0.126. The minimum Gasteiger partial charge on any atom is -0.354 e. The van der Waals surface area contributed by atoms with E-state index in [0.29, 0.717) is 6.04 Å². The van der Waals surface area contributed by atoms with Gasteiger partial charge >= 0.3 is 0 Å². The van der Waals surface area contributed by atoms with Gasteiger partial charge in [-0.25, -0.2) is 0 Å². The molecule has 0 saturated carbocycles. The highest BCUT2D eigenvalue weighted by molar-refractivity contribution is 5.85. The van der Waals surface area contributed by atoms with Gasteiger partial charge in [0.2, 0.25) is 5.91 Å². The predicted molar refractivity (Wildman–Crippen MR) is 137 cm³/mol. The van der Waals surface area contributed by atoms with Gasteiger partial charge in [-0.2, -0.15) is 0 Å². The molecule has 1 atom stereocenters. The first-order chi connectivity index (χ1) is 14.8. The van der Waals surface area contributed by atoms with Gasteiger partial charge in [-0.3, -0.25) is 4.79 Å². The average molecular weight is 486 g/mol. The normalized spacial score (nSPS) is 23.3. The van der Waals surface area contributed by atoms with Crippen LogP contribution in [0.3, 0.4) is 0 Å². The van der Waals surface area contributed by atoms with Crippen molar-refractivity contribution >= 4 is 30.7 Å². The molecule has 0 unspecified atom stereocenters. The van der Waals surface area contributed by atoms with Crippen molar-refractivity contribution < 1.29 is 4.79 Å². The highest BCUT2D eigenvalue weighted by atomic mass is 35.5. The maximum Gasteiger partial charge on any atom is 0.223 e. The van der Waals surface area contributed by atoms with Gasteiger partial charge in [0.1, 0.15) is 0 Å². The lowest BCUT2D eigenvalue weighted by Crippen LogP contribution is -2.49. The second kappa shape index (κ2) is 14.4. The third-order valence-electron chi connectivity index (χ3n) is 7.44. The maximum absolute atomic E-state index is 12.5. The Hall–Kier alpha value is -0.850. The van der Waals surface area contributed by atoms with Gasteiger partial charge < -0.3 is 20.4 Å². The number of carbonyl (C=O) groups excluding carboxylic acids is 1. The van der Waals surface area contributed by atoms with Crippen molar-refractivity contribution in [3.05, 3.63) is 35.9 Å². The number of nitrogens with one attached hydrogen (secondary N) is 2. The third kappa shape index (κ3) is 8.18. The summed E-state index contributed by atoms with van der Waals surface area (Å²) >= 11 is 0. The van der Waals surface area contributed by atoms with Gasteiger partial charge in [0.15, 0.2) is 0 Å². The zero-order valence-corrected chi connectivity index (χ0v) is 21.0. The molecule has 1 aromatic carbocycles. The number of hydrogen-bond acceptors (Lipinski definition) is 4. The zero-order valence-electron chi connectivity index (χ0n) is 19.3. The first kappa shape index (κ1) is 27.4.